The summed E-state index contributed by atoms with van der Waals surface area (Å²) < 4.78 is 0. The summed E-state index contributed by atoms with van der Waals surface area (Å²) in [6.45, 7) is 7.00. The fourth-order valence-corrected chi connectivity index (χ4v) is 1.83. The molecule has 1 atom stereocenters. The smallest absolute Gasteiger partial charge is 0.247 e. The molecule has 4 heteroatoms. The molecule has 14 heavy (non-hydrogen) atoms. The maximum absolute atomic E-state index is 11.1. The monoisotopic (exact) mass is 200 g/mol. The number of piperidine rings is 1. The number of hydrogen-bond acceptors (Lipinski definition) is 3. The highest BCUT2D eigenvalue weighted by Crippen LogP contribution is 2.16. The van der Waals surface area contributed by atoms with Gasteiger partial charge in [-0.05, 0) is 31.8 Å². The van der Waals surface area contributed by atoms with Crippen LogP contribution in [0.2, 0.25) is 0 Å². The van der Waals surface area contributed by atoms with Crippen molar-refractivity contribution in [2.75, 3.05) is 19.6 Å². The molecule has 1 aliphatic rings. The van der Waals surface area contributed by atoms with Gasteiger partial charge in [-0.1, -0.05) is 13.8 Å². The molecule has 1 aliphatic heterocycles. The molecule has 1 saturated heterocycles. The van der Waals surface area contributed by atoms with Crippen LogP contribution in [-0.2, 0) is 4.79 Å². The van der Waals surface area contributed by atoms with Crippen LogP contribution in [0.1, 0.15) is 26.7 Å². The number of amides is 1. The van der Waals surface area contributed by atoms with Crippen molar-refractivity contribution in [3.8, 4) is 0 Å². The summed E-state index contributed by atoms with van der Waals surface area (Å²) in [6.07, 6.45) is 2.43. The molecule has 1 heterocycles. The number of likely N-dealkylation sites (tertiary alicyclic amines) is 1. The topological polar surface area (TPSA) is 52.6 Å². The summed E-state index contributed by atoms with van der Waals surface area (Å²) in [7, 11) is 0. The summed E-state index contributed by atoms with van der Waals surface area (Å²) in [6, 6.07) is 0. The number of hydroxylamine groups is 1. The first kappa shape index (κ1) is 11.5. The van der Waals surface area contributed by atoms with Crippen LogP contribution in [0.15, 0.2) is 0 Å². The summed E-state index contributed by atoms with van der Waals surface area (Å²) in [5, 5.41) is 8.46. The summed E-state index contributed by atoms with van der Waals surface area (Å²) in [5.41, 5.74) is 1.70. The minimum atomic E-state index is -0.288. The van der Waals surface area contributed by atoms with Crippen molar-refractivity contribution in [1.29, 1.82) is 0 Å². The molecular formula is C10H20N2O2. The molecule has 1 fully saturated rings. The number of hydrogen-bond donors (Lipinski definition) is 2. The Kier molecular flexibility index (Phi) is 4.35. The fraction of sp³-hybridized carbons (Fsp3) is 0.900. The zero-order valence-electron chi connectivity index (χ0n) is 8.99. The Labute approximate surface area is 85.2 Å². The molecule has 82 valence electrons. The molecule has 0 aromatic heterocycles. The predicted molar refractivity (Wildman–Crippen MR) is 53.9 cm³/mol. The molecule has 0 radical (unpaired) electrons. The Morgan fingerprint density at radius 1 is 1.57 bits per heavy atom. The number of carbonyl (C=O) groups is 1. The van der Waals surface area contributed by atoms with E-state index in [-0.39, 0.29) is 11.8 Å². The number of nitrogens with one attached hydrogen (secondary N) is 1. The lowest BCUT2D eigenvalue weighted by Crippen LogP contribution is -2.40. The van der Waals surface area contributed by atoms with Crippen LogP contribution in [0.5, 0.6) is 0 Å². The third-order valence-electron chi connectivity index (χ3n) is 2.97. The van der Waals surface area contributed by atoms with E-state index in [4.69, 9.17) is 5.21 Å². The summed E-state index contributed by atoms with van der Waals surface area (Å²) in [4.78, 5) is 13.4. The second-order valence-corrected chi connectivity index (χ2v) is 4.36. The molecular weight excluding hydrogens is 180 g/mol. The van der Waals surface area contributed by atoms with Crippen LogP contribution in [0, 0.1) is 11.8 Å². The average molecular weight is 200 g/mol. The van der Waals surface area contributed by atoms with E-state index in [0.29, 0.717) is 0 Å². The van der Waals surface area contributed by atoms with Crippen molar-refractivity contribution in [2.45, 2.75) is 26.7 Å². The van der Waals surface area contributed by atoms with Crippen molar-refractivity contribution < 1.29 is 10.0 Å². The summed E-state index contributed by atoms with van der Waals surface area (Å²) in [5.74, 6) is 0.394. The van der Waals surface area contributed by atoms with Crippen LogP contribution in [0.25, 0.3) is 0 Å². The van der Waals surface area contributed by atoms with Gasteiger partial charge >= 0.3 is 0 Å². The van der Waals surface area contributed by atoms with Crippen LogP contribution >= 0.6 is 0 Å². The van der Waals surface area contributed by atoms with E-state index in [1.54, 1.807) is 5.48 Å². The second-order valence-electron chi connectivity index (χ2n) is 4.36. The summed E-state index contributed by atoms with van der Waals surface area (Å²) >= 11 is 0. The number of carbonyl (C=O) groups excluding carboxylic acids is 1. The zero-order chi connectivity index (χ0) is 10.6. The van der Waals surface area contributed by atoms with E-state index in [0.717, 1.165) is 25.6 Å². The van der Waals surface area contributed by atoms with Gasteiger partial charge in [-0.25, -0.2) is 5.48 Å². The Morgan fingerprint density at radius 2 is 2.14 bits per heavy atom. The standard InChI is InChI=1S/C10H20N2O2/c1-8-3-5-12(6-4-8)7-9(2)10(13)11-14/h8-9,14H,3-7H2,1-2H3,(H,11,13). The molecule has 2 N–H and O–H groups in total. The van der Waals surface area contributed by atoms with Crippen molar-refractivity contribution in [3.63, 3.8) is 0 Å². The first-order valence-corrected chi connectivity index (χ1v) is 5.29. The van der Waals surface area contributed by atoms with Gasteiger partial charge in [0.15, 0.2) is 0 Å². The van der Waals surface area contributed by atoms with Crippen LogP contribution in [0.3, 0.4) is 0 Å². The highest BCUT2D eigenvalue weighted by Gasteiger charge is 2.20. The van der Waals surface area contributed by atoms with Crippen molar-refractivity contribution >= 4 is 5.91 Å². The highest BCUT2D eigenvalue weighted by atomic mass is 16.5. The van der Waals surface area contributed by atoms with Gasteiger partial charge in [0.05, 0.1) is 0 Å². The van der Waals surface area contributed by atoms with Gasteiger partial charge in [0, 0.05) is 12.5 Å². The van der Waals surface area contributed by atoms with Gasteiger partial charge in [0.1, 0.15) is 0 Å². The Balaban J connectivity index is 2.27. The SMILES string of the molecule is CC1CCN(CC(C)C(=O)NO)CC1. The van der Waals surface area contributed by atoms with Gasteiger partial charge in [0.2, 0.25) is 5.91 Å². The minimum Gasteiger partial charge on any atom is -0.303 e. The molecule has 4 nitrogen and oxygen atoms in total. The lowest BCUT2D eigenvalue weighted by atomic mass is 9.98. The average Bonchev–Trinajstić information content (AvgIpc) is 2.20. The minimum absolute atomic E-state index is 0.131. The van der Waals surface area contributed by atoms with E-state index in [1.165, 1.54) is 12.8 Å². The van der Waals surface area contributed by atoms with E-state index >= 15 is 0 Å². The third-order valence-corrected chi connectivity index (χ3v) is 2.97. The maximum atomic E-state index is 11.1. The van der Waals surface area contributed by atoms with Crippen molar-refractivity contribution in [2.24, 2.45) is 11.8 Å². The van der Waals surface area contributed by atoms with E-state index in [9.17, 15) is 4.79 Å². The van der Waals surface area contributed by atoms with Crippen molar-refractivity contribution in [3.05, 3.63) is 0 Å². The molecule has 0 aromatic carbocycles. The largest absolute Gasteiger partial charge is 0.303 e. The number of rotatable bonds is 3. The predicted octanol–water partition coefficient (Wildman–Crippen LogP) is 0.860. The van der Waals surface area contributed by atoms with Gasteiger partial charge in [0.25, 0.3) is 0 Å². The van der Waals surface area contributed by atoms with Crippen molar-refractivity contribution in [1.82, 2.24) is 10.4 Å². The van der Waals surface area contributed by atoms with E-state index in [2.05, 4.69) is 11.8 Å². The van der Waals surface area contributed by atoms with Gasteiger partial charge in [-0.15, -0.1) is 0 Å². The molecule has 1 rings (SSSR count). The number of nitrogens with zero attached hydrogens (tertiary/aromatic N) is 1. The quantitative estimate of drug-likeness (QED) is 0.525. The van der Waals surface area contributed by atoms with Crippen LogP contribution in [-0.4, -0.2) is 35.6 Å². The Bertz CT molecular complexity index is 189. The Hall–Kier alpha value is -0.610. The van der Waals surface area contributed by atoms with E-state index < -0.39 is 0 Å². The fourth-order valence-electron chi connectivity index (χ4n) is 1.83. The van der Waals surface area contributed by atoms with Gasteiger partial charge in [-0.3, -0.25) is 10.0 Å². The lowest BCUT2D eigenvalue weighted by Gasteiger charge is -2.31. The first-order valence-electron chi connectivity index (χ1n) is 5.29. The molecule has 1 unspecified atom stereocenters. The highest BCUT2D eigenvalue weighted by molar-refractivity contribution is 5.77. The van der Waals surface area contributed by atoms with Crippen LogP contribution in [0.4, 0.5) is 0 Å². The molecule has 0 saturated carbocycles. The van der Waals surface area contributed by atoms with Gasteiger partial charge < -0.3 is 4.90 Å². The normalized spacial score (nSPS) is 21.9. The molecule has 0 spiro atoms. The van der Waals surface area contributed by atoms with Crippen LogP contribution < -0.4 is 5.48 Å². The third kappa shape index (κ3) is 3.27. The molecule has 0 aromatic rings. The second kappa shape index (κ2) is 5.32. The lowest BCUT2D eigenvalue weighted by molar-refractivity contribution is -0.133. The molecule has 0 aliphatic carbocycles. The van der Waals surface area contributed by atoms with E-state index in [1.807, 2.05) is 6.92 Å². The molecule has 0 bridgehead atoms. The maximum Gasteiger partial charge on any atom is 0.247 e. The van der Waals surface area contributed by atoms with Gasteiger partial charge in [-0.2, -0.15) is 0 Å². The Morgan fingerprint density at radius 3 is 2.64 bits per heavy atom. The first-order chi connectivity index (χ1) is 6.63. The zero-order valence-corrected chi connectivity index (χ0v) is 8.99. The molecule has 1 amide bonds.